The van der Waals surface area contributed by atoms with E-state index in [4.69, 9.17) is 12.2 Å². The summed E-state index contributed by atoms with van der Waals surface area (Å²) in [6, 6.07) is 15.8. The second-order valence-electron chi connectivity index (χ2n) is 6.59. The zero-order chi connectivity index (χ0) is 18.7. The van der Waals surface area contributed by atoms with Gasteiger partial charge in [0.25, 0.3) is 0 Å². The Morgan fingerprint density at radius 1 is 1.19 bits per heavy atom. The van der Waals surface area contributed by atoms with Crippen molar-refractivity contribution >= 4 is 32.9 Å². The second-order valence-corrected chi connectivity index (χ2v) is 8.91. The number of anilines is 1. The van der Waals surface area contributed by atoms with Crippen LogP contribution in [0.3, 0.4) is 0 Å². The van der Waals surface area contributed by atoms with Crippen molar-refractivity contribution in [1.29, 1.82) is 0 Å². The van der Waals surface area contributed by atoms with Crippen LogP contribution >= 0.6 is 12.2 Å². The van der Waals surface area contributed by atoms with Crippen LogP contribution in [0.2, 0.25) is 0 Å². The minimum Gasteiger partial charge on any atom is -0.337 e. The topological polar surface area (TPSA) is 49.4 Å². The lowest BCUT2D eigenvalue weighted by atomic mass is 10.1. The number of benzene rings is 2. The first-order valence-corrected chi connectivity index (χ1v) is 10.6. The number of nitrogens with one attached hydrogen (secondary N) is 1. The van der Waals surface area contributed by atoms with Gasteiger partial charge in [0.15, 0.2) is 14.9 Å². The van der Waals surface area contributed by atoms with Crippen molar-refractivity contribution in [3.63, 3.8) is 0 Å². The molecule has 0 bridgehead atoms. The van der Waals surface area contributed by atoms with Gasteiger partial charge in [0, 0.05) is 17.6 Å². The molecule has 2 aromatic carbocycles. The Bertz CT molecular complexity index is 938. The van der Waals surface area contributed by atoms with Gasteiger partial charge in [-0.15, -0.1) is 0 Å². The SMILES string of the molecule is Cc1ccc(C)c(NC(=S)N(Cc2ccccc2)[C@H]2C=CS(=O)(=O)C2)c1. The van der Waals surface area contributed by atoms with Gasteiger partial charge in [0.2, 0.25) is 0 Å². The van der Waals surface area contributed by atoms with Crippen molar-refractivity contribution < 1.29 is 8.42 Å². The summed E-state index contributed by atoms with van der Waals surface area (Å²) < 4.78 is 23.8. The minimum absolute atomic E-state index is 0.0501. The molecule has 0 fully saturated rings. The average Bonchev–Trinajstić information content (AvgIpc) is 2.96. The fourth-order valence-corrected chi connectivity index (χ4v) is 4.54. The Morgan fingerprint density at radius 2 is 1.92 bits per heavy atom. The quantitative estimate of drug-likeness (QED) is 0.810. The second kappa shape index (κ2) is 7.60. The van der Waals surface area contributed by atoms with Gasteiger partial charge in [0.05, 0.1) is 11.8 Å². The van der Waals surface area contributed by atoms with Gasteiger partial charge < -0.3 is 10.2 Å². The first kappa shape index (κ1) is 18.6. The Kier molecular flexibility index (Phi) is 5.44. The van der Waals surface area contributed by atoms with E-state index in [-0.39, 0.29) is 11.8 Å². The lowest BCUT2D eigenvalue weighted by Crippen LogP contribution is -2.42. The zero-order valence-corrected chi connectivity index (χ0v) is 16.5. The van der Waals surface area contributed by atoms with E-state index >= 15 is 0 Å². The van der Waals surface area contributed by atoms with Crippen LogP contribution in [-0.4, -0.2) is 30.2 Å². The summed E-state index contributed by atoms with van der Waals surface area (Å²) in [6.07, 6.45) is 1.72. The van der Waals surface area contributed by atoms with Crippen LogP contribution in [0.1, 0.15) is 16.7 Å². The number of aryl methyl sites for hydroxylation is 2. The zero-order valence-electron chi connectivity index (χ0n) is 14.8. The van der Waals surface area contributed by atoms with Crippen LogP contribution < -0.4 is 5.32 Å². The van der Waals surface area contributed by atoms with Crippen molar-refractivity contribution in [3.8, 4) is 0 Å². The predicted molar refractivity (Wildman–Crippen MR) is 111 cm³/mol. The van der Waals surface area contributed by atoms with Gasteiger partial charge >= 0.3 is 0 Å². The normalized spacial score (nSPS) is 17.8. The van der Waals surface area contributed by atoms with Crippen molar-refractivity contribution in [3.05, 3.63) is 76.7 Å². The van der Waals surface area contributed by atoms with E-state index in [1.165, 1.54) is 5.41 Å². The molecule has 0 radical (unpaired) electrons. The van der Waals surface area contributed by atoms with Gasteiger partial charge in [0.1, 0.15) is 0 Å². The number of hydrogen-bond acceptors (Lipinski definition) is 3. The molecule has 0 unspecified atom stereocenters. The molecule has 1 heterocycles. The first-order chi connectivity index (χ1) is 12.3. The Hall–Kier alpha value is -2.18. The summed E-state index contributed by atoms with van der Waals surface area (Å²) in [5.41, 5.74) is 4.25. The summed E-state index contributed by atoms with van der Waals surface area (Å²) in [4.78, 5) is 1.94. The van der Waals surface area contributed by atoms with Crippen LogP contribution in [0.25, 0.3) is 0 Å². The Balaban J connectivity index is 1.86. The molecule has 1 N–H and O–H groups in total. The largest absolute Gasteiger partial charge is 0.337 e. The van der Waals surface area contributed by atoms with Crippen LogP contribution in [-0.2, 0) is 16.4 Å². The maximum absolute atomic E-state index is 11.9. The van der Waals surface area contributed by atoms with Crippen molar-refractivity contribution in [2.75, 3.05) is 11.1 Å². The molecular formula is C20H22N2O2S2. The molecule has 4 nitrogen and oxygen atoms in total. The maximum Gasteiger partial charge on any atom is 0.174 e. The fourth-order valence-electron chi connectivity index (χ4n) is 2.93. The summed E-state index contributed by atoms with van der Waals surface area (Å²) in [7, 11) is -3.16. The smallest absolute Gasteiger partial charge is 0.174 e. The number of rotatable bonds is 4. The Labute approximate surface area is 160 Å². The van der Waals surface area contributed by atoms with Gasteiger partial charge in [-0.05, 0) is 54.9 Å². The molecule has 136 valence electrons. The highest BCUT2D eigenvalue weighted by Crippen LogP contribution is 2.21. The van der Waals surface area contributed by atoms with Crippen LogP contribution in [0.5, 0.6) is 0 Å². The molecule has 2 aromatic rings. The lowest BCUT2D eigenvalue weighted by Gasteiger charge is -2.31. The molecule has 6 heteroatoms. The molecule has 1 aliphatic rings. The molecule has 0 saturated carbocycles. The molecule has 1 aliphatic heterocycles. The van der Waals surface area contributed by atoms with E-state index in [2.05, 4.69) is 11.4 Å². The summed E-state index contributed by atoms with van der Waals surface area (Å²) >= 11 is 5.66. The molecule has 0 aromatic heterocycles. The van der Waals surface area contributed by atoms with Gasteiger partial charge in [-0.3, -0.25) is 0 Å². The number of thiocarbonyl (C=S) groups is 1. The fraction of sp³-hybridized carbons (Fsp3) is 0.250. The summed E-state index contributed by atoms with van der Waals surface area (Å²) in [6.45, 7) is 4.59. The van der Waals surface area contributed by atoms with E-state index in [1.54, 1.807) is 6.08 Å². The molecule has 0 aliphatic carbocycles. The molecule has 0 spiro atoms. The molecule has 0 saturated heterocycles. The molecule has 1 atom stereocenters. The van der Waals surface area contributed by atoms with Gasteiger partial charge in [-0.1, -0.05) is 42.5 Å². The van der Waals surface area contributed by atoms with Crippen molar-refractivity contribution in [2.24, 2.45) is 0 Å². The van der Waals surface area contributed by atoms with E-state index in [0.29, 0.717) is 11.7 Å². The number of nitrogens with zero attached hydrogens (tertiary/aromatic N) is 1. The summed E-state index contributed by atoms with van der Waals surface area (Å²) in [5.74, 6) is 0.0501. The molecule has 3 rings (SSSR count). The highest BCUT2D eigenvalue weighted by atomic mass is 32.2. The highest BCUT2D eigenvalue weighted by Gasteiger charge is 2.29. The molecule has 0 amide bonds. The molecular weight excluding hydrogens is 364 g/mol. The third-order valence-corrected chi connectivity index (χ3v) is 6.12. The van der Waals surface area contributed by atoms with Gasteiger partial charge in [-0.25, -0.2) is 8.42 Å². The standard InChI is InChI=1S/C20H22N2O2S2/c1-15-8-9-16(2)19(12-15)21-20(25)22(13-17-6-4-3-5-7-17)18-10-11-26(23,24)14-18/h3-12,18H,13-14H2,1-2H3,(H,21,25)/t18-/m0/s1. The first-order valence-electron chi connectivity index (χ1n) is 8.44. The lowest BCUT2D eigenvalue weighted by molar-refractivity contribution is 0.380. The number of sulfone groups is 1. The van der Waals surface area contributed by atoms with E-state index in [0.717, 1.165) is 22.4 Å². The highest BCUT2D eigenvalue weighted by molar-refractivity contribution is 7.94. The van der Waals surface area contributed by atoms with Crippen LogP contribution in [0.15, 0.2) is 60.0 Å². The Morgan fingerprint density at radius 3 is 2.58 bits per heavy atom. The van der Waals surface area contributed by atoms with E-state index < -0.39 is 9.84 Å². The monoisotopic (exact) mass is 386 g/mol. The maximum atomic E-state index is 11.9. The van der Waals surface area contributed by atoms with E-state index in [1.807, 2.05) is 61.2 Å². The van der Waals surface area contributed by atoms with Crippen molar-refractivity contribution in [2.45, 2.75) is 26.4 Å². The minimum atomic E-state index is -3.16. The third-order valence-electron chi connectivity index (χ3n) is 4.40. The van der Waals surface area contributed by atoms with E-state index in [9.17, 15) is 8.42 Å². The average molecular weight is 387 g/mol. The van der Waals surface area contributed by atoms with Crippen LogP contribution in [0, 0.1) is 13.8 Å². The third kappa shape index (κ3) is 4.51. The number of hydrogen-bond donors (Lipinski definition) is 1. The predicted octanol–water partition coefficient (Wildman–Crippen LogP) is 3.81. The van der Waals surface area contributed by atoms with Crippen molar-refractivity contribution in [1.82, 2.24) is 4.90 Å². The van der Waals surface area contributed by atoms with Gasteiger partial charge in [-0.2, -0.15) is 0 Å². The van der Waals surface area contributed by atoms with Crippen LogP contribution in [0.4, 0.5) is 5.69 Å². The molecule has 26 heavy (non-hydrogen) atoms. The summed E-state index contributed by atoms with van der Waals surface area (Å²) in [5, 5.41) is 5.11.